The van der Waals surface area contributed by atoms with Gasteiger partial charge in [-0.15, -0.1) is 5.10 Å². The zero-order chi connectivity index (χ0) is 26.6. The molecule has 0 fully saturated rings. The fraction of sp³-hybridized carbons (Fsp3) is 0.276. The number of amidine groups is 1. The van der Waals surface area contributed by atoms with Gasteiger partial charge in [0.15, 0.2) is 28.9 Å². The molecule has 2 atom stereocenters. The SMILES string of the molecule is CCOc1cc([C@H]2N(C(=O)CC)c3ccccc3[C@H]3C(=O)NC(SC)=NN32)ccc1OCc1ccccc1. The number of nitrogens with zero attached hydrogens (tertiary/aromatic N) is 3. The third-order valence-electron chi connectivity index (χ3n) is 6.50. The van der Waals surface area contributed by atoms with E-state index in [0.717, 1.165) is 16.7 Å². The number of para-hydroxylation sites is 1. The molecule has 0 unspecified atom stereocenters. The van der Waals surface area contributed by atoms with Gasteiger partial charge in [0.1, 0.15) is 6.61 Å². The van der Waals surface area contributed by atoms with E-state index in [0.29, 0.717) is 42.0 Å². The molecular weight excluding hydrogens is 500 g/mol. The average Bonchev–Trinajstić information content (AvgIpc) is 2.95. The molecule has 8 nitrogen and oxygen atoms in total. The van der Waals surface area contributed by atoms with Crippen molar-refractivity contribution in [1.82, 2.24) is 10.3 Å². The Morgan fingerprint density at radius 1 is 1.00 bits per heavy atom. The minimum Gasteiger partial charge on any atom is -0.490 e. The summed E-state index contributed by atoms with van der Waals surface area (Å²) in [6.07, 6.45) is 1.50. The molecule has 196 valence electrons. The molecule has 0 saturated heterocycles. The molecule has 1 N–H and O–H groups in total. The van der Waals surface area contributed by atoms with Crippen molar-refractivity contribution in [1.29, 1.82) is 0 Å². The summed E-state index contributed by atoms with van der Waals surface area (Å²) in [5, 5.41) is 9.89. The highest BCUT2D eigenvalue weighted by Gasteiger charge is 2.47. The number of hydrogen-bond donors (Lipinski definition) is 1. The summed E-state index contributed by atoms with van der Waals surface area (Å²) in [4.78, 5) is 28.5. The molecule has 0 saturated carbocycles. The number of nitrogens with one attached hydrogen (secondary N) is 1. The Morgan fingerprint density at radius 3 is 2.50 bits per heavy atom. The fourth-order valence-corrected chi connectivity index (χ4v) is 5.17. The van der Waals surface area contributed by atoms with Gasteiger partial charge in [-0.25, -0.2) is 0 Å². The summed E-state index contributed by atoms with van der Waals surface area (Å²) in [7, 11) is 0. The Bertz CT molecular complexity index is 1360. The minimum atomic E-state index is -0.683. The second-order valence-corrected chi connectivity index (χ2v) is 9.64. The van der Waals surface area contributed by atoms with Crippen LogP contribution in [0.4, 0.5) is 5.69 Å². The molecule has 38 heavy (non-hydrogen) atoms. The highest BCUT2D eigenvalue weighted by atomic mass is 32.2. The van der Waals surface area contributed by atoms with Crippen molar-refractivity contribution >= 4 is 34.4 Å². The third kappa shape index (κ3) is 4.81. The van der Waals surface area contributed by atoms with Crippen LogP contribution in [0.15, 0.2) is 77.9 Å². The van der Waals surface area contributed by atoms with E-state index in [1.165, 1.54) is 11.8 Å². The predicted molar refractivity (Wildman–Crippen MR) is 149 cm³/mol. The van der Waals surface area contributed by atoms with Crippen LogP contribution in [-0.2, 0) is 16.2 Å². The van der Waals surface area contributed by atoms with Gasteiger partial charge in [0, 0.05) is 17.5 Å². The number of thioether (sulfide) groups is 1. The predicted octanol–water partition coefficient (Wildman–Crippen LogP) is 5.23. The van der Waals surface area contributed by atoms with Gasteiger partial charge in [-0.2, -0.15) is 0 Å². The Morgan fingerprint density at radius 2 is 1.76 bits per heavy atom. The first-order chi connectivity index (χ1) is 18.5. The first kappa shape index (κ1) is 25.7. The number of amides is 2. The first-order valence-corrected chi connectivity index (χ1v) is 13.8. The number of carbonyl (C=O) groups excluding carboxylic acids is 2. The van der Waals surface area contributed by atoms with Crippen LogP contribution < -0.4 is 19.7 Å². The van der Waals surface area contributed by atoms with E-state index in [9.17, 15) is 9.59 Å². The number of fused-ring (bicyclic) bond motifs is 3. The van der Waals surface area contributed by atoms with Crippen LogP contribution in [0.5, 0.6) is 11.5 Å². The van der Waals surface area contributed by atoms with Crippen molar-refractivity contribution < 1.29 is 19.1 Å². The van der Waals surface area contributed by atoms with Gasteiger partial charge in [-0.05, 0) is 36.9 Å². The second-order valence-electron chi connectivity index (χ2n) is 8.84. The van der Waals surface area contributed by atoms with Gasteiger partial charge in [0.25, 0.3) is 5.91 Å². The second kappa shape index (κ2) is 11.2. The van der Waals surface area contributed by atoms with Crippen molar-refractivity contribution in [3.8, 4) is 11.5 Å². The molecule has 2 aliphatic rings. The van der Waals surface area contributed by atoms with E-state index in [1.807, 2.05) is 92.9 Å². The Labute approximate surface area is 226 Å². The molecule has 9 heteroatoms. The number of rotatable bonds is 7. The summed E-state index contributed by atoms with van der Waals surface area (Å²) < 4.78 is 12.1. The number of anilines is 1. The lowest BCUT2D eigenvalue weighted by Gasteiger charge is -2.48. The van der Waals surface area contributed by atoms with Gasteiger partial charge >= 0.3 is 0 Å². The highest BCUT2D eigenvalue weighted by Crippen LogP contribution is 2.48. The van der Waals surface area contributed by atoms with Crippen LogP contribution in [0.2, 0.25) is 0 Å². The normalized spacial score (nSPS) is 18.2. The lowest BCUT2D eigenvalue weighted by Crippen LogP contribution is -2.55. The molecule has 2 aliphatic heterocycles. The molecular formula is C29H30N4O4S. The van der Waals surface area contributed by atoms with Gasteiger partial charge in [-0.3, -0.25) is 19.5 Å². The molecule has 0 aliphatic carbocycles. The lowest BCUT2D eigenvalue weighted by molar-refractivity contribution is -0.130. The van der Waals surface area contributed by atoms with Crippen molar-refractivity contribution in [2.75, 3.05) is 17.8 Å². The summed E-state index contributed by atoms with van der Waals surface area (Å²) in [5.41, 5.74) is 3.25. The van der Waals surface area contributed by atoms with E-state index in [-0.39, 0.29) is 11.8 Å². The summed E-state index contributed by atoms with van der Waals surface area (Å²) in [5.74, 6) is 0.912. The zero-order valence-corrected chi connectivity index (χ0v) is 22.4. The molecule has 2 heterocycles. The molecule has 3 aromatic rings. The molecule has 0 spiro atoms. The summed E-state index contributed by atoms with van der Waals surface area (Å²) in [6, 6.07) is 22.4. The van der Waals surface area contributed by atoms with E-state index in [4.69, 9.17) is 14.6 Å². The van der Waals surface area contributed by atoms with Crippen molar-refractivity contribution in [3.05, 3.63) is 89.5 Å². The maximum absolute atomic E-state index is 13.4. The van der Waals surface area contributed by atoms with Crippen LogP contribution >= 0.6 is 11.8 Å². The zero-order valence-electron chi connectivity index (χ0n) is 21.6. The van der Waals surface area contributed by atoms with Gasteiger partial charge in [-0.1, -0.05) is 73.3 Å². The molecule has 2 amide bonds. The molecule has 0 aromatic heterocycles. The molecule has 0 radical (unpaired) electrons. The maximum Gasteiger partial charge on any atom is 0.255 e. The quantitative estimate of drug-likeness (QED) is 0.451. The number of hydrazone groups is 1. The molecule has 0 bridgehead atoms. The number of carbonyl (C=O) groups is 2. The fourth-order valence-electron chi connectivity index (χ4n) is 4.79. The highest BCUT2D eigenvalue weighted by molar-refractivity contribution is 8.13. The smallest absolute Gasteiger partial charge is 0.255 e. The number of benzene rings is 3. The standard InChI is InChI=1S/C29H30N4O4S/c1-4-25(34)32-22-14-10-9-13-21(22)26-27(35)30-29(38-3)31-33(26)28(32)20-15-16-23(24(17-20)36-5-2)37-18-19-11-7-6-8-12-19/h6-17,26,28H,4-5,18H2,1-3H3,(H,30,31,35)/t26-,28-/m0/s1. The Balaban J connectivity index is 1.61. The Kier molecular flexibility index (Phi) is 7.55. The molecule has 3 aromatic carbocycles. The van der Waals surface area contributed by atoms with Gasteiger partial charge in [0.05, 0.1) is 12.3 Å². The summed E-state index contributed by atoms with van der Waals surface area (Å²) in [6.45, 7) is 4.59. The third-order valence-corrected chi connectivity index (χ3v) is 7.07. The number of ether oxygens (including phenoxy) is 2. The van der Waals surface area contributed by atoms with Crippen molar-refractivity contribution in [2.45, 2.75) is 39.1 Å². The maximum atomic E-state index is 13.4. The topological polar surface area (TPSA) is 83.5 Å². The van der Waals surface area contributed by atoms with Crippen molar-refractivity contribution in [3.63, 3.8) is 0 Å². The van der Waals surface area contributed by atoms with E-state index in [2.05, 4.69) is 5.32 Å². The first-order valence-electron chi connectivity index (χ1n) is 12.6. The van der Waals surface area contributed by atoms with Crippen LogP contribution in [0, 0.1) is 0 Å². The van der Waals surface area contributed by atoms with Crippen LogP contribution in [-0.4, -0.2) is 34.9 Å². The van der Waals surface area contributed by atoms with E-state index in [1.54, 1.807) is 9.91 Å². The van der Waals surface area contributed by atoms with Crippen LogP contribution in [0.3, 0.4) is 0 Å². The monoisotopic (exact) mass is 530 g/mol. The largest absolute Gasteiger partial charge is 0.490 e. The number of hydrogen-bond acceptors (Lipinski definition) is 7. The van der Waals surface area contributed by atoms with Gasteiger partial charge < -0.3 is 14.8 Å². The van der Waals surface area contributed by atoms with Crippen LogP contribution in [0.1, 0.15) is 49.2 Å². The summed E-state index contributed by atoms with van der Waals surface area (Å²) >= 11 is 1.35. The molecule has 5 rings (SSSR count). The average molecular weight is 531 g/mol. The van der Waals surface area contributed by atoms with Crippen LogP contribution in [0.25, 0.3) is 0 Å². The van der Waals surface area contributed by atoms with E-state index >= 15 is 0 Å². The lowest BCUT2D eigenvalue weighted by atomic mass is 9.95. The van der Waals surface area contributed by atoms with Gasteiger partial charge in [0.2, 0.25) is 5.91 Å². The Hall–Kier alpha value is -3.98. The van der Waals surface area contributed by atoms with Crippen molar-refractivity contribution in [2.24, 2.45) is 5.10 Å². The van der Waals surface area contributed by atoms with E-state index < -0.39 is 12.2 Å². The minimum absolute atomic E-state index is 0.0739.